The van der Waals surface area contributed by atoms with Gasteiger partial charge in [-0.15, -0.1) is 0 Å². The van der Waals surface area contributed by atoms with Gasteiger partial charge in [-0.25, -0.2) is 8.89 Å². The molecule has 0 radical (unpaired) electrons. The fourth-order valence-electron chi connectivity index (χ4n) is 1.09. The van der Waals surface area contributed by atoms with Gasteiger partial charge in [0.2, 0.25) is 0 Å². The van der Waals surface area contributed by atoms with Gasteiger partial charge >= 0.3 is 6.55 Å². The third-order valence-corrected chi connectivity index (χ3v) is 2.56. The van der Waals surface area contributed by atoms with Crippen LogP contribution >= 0.6 is 0 Å². The van der Waals surface area contributed by atoms with Gasteiger partial charge in [0.05, 0.1) is 11.4 Å². The molecule has 1 heterocycles. The van der Waals surface area contributed by atoms with Crippen molar-refractivity contribution in [1.29, 1.82) is 0 Å². The molecule has 0 amide bonds. The molecule has 1 aromatic rings. The van der Waals surface area contributed by atoms with Crippen LogP contribution in [0.15, 0.2) is 4.90 Å². The smallest absolute Gasteiger partial charge is 0.302 e. The van der Waals surface area contributed by atoms with Crippen molar-refractivity contribution >= 4 is 11.1 Å². The Kier molecular flexibility index (Phi) is 2.77. The van der Waals surface area contributed by atoms with Crippen molar-refractivity contribution in [3.63, 3.8) is 0 Å². The molecule has 1 N–H and O–H groups in total. The molecule has 0 bridgehead atoms. The van der Waals surface area contributed by atoms with Crippen LogP contribution in [-0.2, 0) is 11.1 Å². The summed E-state index contributed by atoms with van der Waals surface area (Å²) in [4.78, 5) is -0.0414. The van der Waals surface area contributed by atoms with Gasteiger partial charge in [0.15, 0.2) is 11.1 Å². The molecule has 4 nitrogen and oxygen atoms in total. The van der Waals surface area contributed by atoms with Crippen LogP contribution in [0.25, 0.3) is 0 Å². The minimum Gasteiger partial charge on any atom is -0.302 e. The Labute approximate surface area is 75.8 Å². The van der Waals surface area contributed by atoms with Gasteiger partial charge in [-0.1, -0.05) is 0 Å². The monoisotopic (exact) mass is 210 g/mol. The highest BCUT2D eigenvalue weighted by Gasteiger charge is 2.20. The Morgan fingerprint density at radius 2 is 2.08 bits per heavy atom. The zero-order valence-electron chi connectivity index (χ0n) is 6.99. The third-order valence-electron chi connectivity index (χ3n) is 1.62. The van der Waals surface area contributed by atoms with Crippen LogP contribution in [-0.4, -0.2) is 18.5 Å². The summed E-state index contributed by atoms with van der Waals surface area (Å²) < 4.78 is 44.3. The zero-order valence-corrected chi connectivity index (χ0v) is 7.81. The molecule has 0 spiro atoms. The first-order chi connectivity index (χ1) is 5.95. The normalized spacial score (nSPS) is 13.7. The Balaban J connectivity index is 3.30. The van der Waals surface area contributed by atoms with Crippen molar-refractivity contribution in [2.24, 2.45) is 0 Å². The first-order valence-electron chi connectivity index (χ1n) is 3.40. The third kappa shape index (κ3) is 1.75. The number of hydrogen-bond donors (Lipinski definition) is 1. The van der Waals surface area contributed by atoms with E-state index in [1.54, 1.807) is 0 Å². The quantitative estimate of drug-likeness (QED) is 0.752. The topological polar surface area (TPSA) is 55.1 Å². The fourth-order valence-corrected chi connectivity index (χ4v) is 1.73. The molecule has 0 fully saturated rings. The second kappa shape index (κ2) is 3.51. The maximum absolute atomic E-state index is 12.2. The molecule has 1 atom stereocenters. The molecular weight excluding hydrogens is 202 g/mol. The van der Waals surface area contributed by atoms with E-state index < -0.39 is 17.6 Å². The molecule has 0 saturated heterocycles. The Morgan fingerprint density at radius 1 is 1.54 bits per heavy atom. The second-order valence-electron chi connectivity index (χ2n) is 2.47. The lowest BCUT2D eigenvalue weighted by Gasteiger charge is -2.00. The first-order valence-corrected chi connectivity index (χ1v) is 4.50. The average molecular weight is 210 g/mol. The molecule has 0 aliphatic carbocycles. The van der Waals surface area contributed by atoms with Crippen molar-refractivity contribution in [2.75, 3.05) is 0 Å². The van der Waals surface area contributed by atoms with Gasteiger partial charge in [-0.2, -0.15) is 13.9 Å². The van der Waals surface area contributed by atoms with Crippen molar-refractivity contribution in [2.45, 2.75) is 25.3 Å². The molecule has 13 heavy (non-hydrogen) atoms. The van der Waals surface area contributed by atoms with Crippen LogP contribution in [0.3, 0.4) is 0 Å². The van der Waals surface area contributed by atoms with E-state index in [0.717, 1.165) is 0 Å². The lowest BCUT2D eigenvalue weighted by Crippen LogP contribution is -2.03. The summed E-state index contributed by atoms with van der Waals surface area (Å²) in [5, 5.41) is 3.44. The maximum Gasteiger partial charge on any atom is 0.333 e. The van der Waals surface area contributed by atoms with Gasteiger partial charge in [-0.3, -0.25) is 0 Å². The van der Waals surface area contributed by atoms with Crippen molar-refractivity contribution in [3.8, 4) is 0 Å². The highest BCUT2D eigenvalue weighted by Crippen LogP contribution is 2.21. The van der Waals surface area contributed by atoms with Crippen LogP contribution in [0.5, 0.6) is 0 Å². The number of rotatable bonds is 2. The first kappa shape index (κ1) is 10.3. The zero-order chi connectivity index (χ0) is 10.2. The minimum atomic E-state index is -2.78. The SMILES string of the molecule is Cc1nn(C(F)F)c(C)c1S(=O)O. The maximum atomic E-state index is 12.2. The summed E-state index contributed by atoms with van der Waals surface area (Å²) in [6.07, 6.45) is 0. The van der Waals surface area contributed by atoms with Crippen LogP contribution < -0.4 is 0 Å². The lowest BCUT2D eigenvalue weighted by molar-refractivity contribution is 0.0538. The number of alkyl halides is 2. The standard InChI is InChI=1S/C6H8F2N2O2S/c1-3-5(13(11)12)4(2)10(9-3)6(7)8/h6H,1-2H3,(H,11,12). The Bertz CT molecular complexity index is 351. The molecule has 1 rings (SSSR count). The molecular formula is C6H8F2N2O2S. The summed E-state index contributed by atoms with van der Waals surface area (Å²) in [6, 6.07) is 0. The van der Waals surface area contributed by atoms with Gasteiger partial charge in [-0.05, 0) is 13.8 Å². The molecule has 0 aliphatic rings. The van der Waals surface area contributed by atoms with E-state index in [4.69, 9.17) is 4.55 Å². The second-order valence-corrected chi connectivity index (χ2v) is 3.38. The molecule has 1 unspecified atom stereocenters. The van der Waals surface area contributed by atoms with Crippen LogP contribution in [0.1, 0.15) is 17.9 Å². The predicted molar refractivity (Wildman–Crippen MR) is 42.0 cm³/mol. The number of hydrogen-bond acceptors (Lipinski definition) is 2. The molecule has 7 heteroatoms. The number of nitrogens with zero attached hydrogens (tertiary/aromatic N) is 2. The van der Waals surface area contributed by atoms with Crippen LogP contribution in [0.4, 0.5) is 8.78 Å². The predicted octanol–water partition coefficient (Wildman–Crippen LogP) is 1.48. The van der Waals surface area contributed by atoms with E-state index in [-0.39, 0.29) is 16.3 Å². The van der Waals surface area contributed by atoms with Crippen LogP contribution in [0, 0.1) is 13.8 Å². The number of aromatic nitrogens is 2. The number of halogens is 2. The molecule has 74 valence electrons. The largest absolute Gasteiger partial charge is 0.333 e. The lowest BCUT2D eigenvalue weighted by atomic mass is 10.4. The Morgan fingerprint density at radius 3 is 2.31 bits per heavy atom. The number of aryl methyl sites for hydroxylation is 1. The summed E-state index contributed by atoms with van der Waals surface area (Å²) in [5.41, 5.74) is 0.173. The van der Waals surface area contributed by atoms with E-state index in [1.807, 2.05) is 0 Å². The van der Waals surface area contributed by atoms with Crippen molar-refractivity contribution in [3.05, 3.63) is 11.4 Å². The fraction of sp³-hybridized carbons (Fsp3) is 0.500. The van der Waals surface area contributed by atoms with E-state index in [9.17, 15) is 13.0 Å². The van der Waals surface area contributed by atoms with Gasteiger partial charge in [0, 0.05) is 0 Å². The van der Waals surface area contributed by atoms with Crippen molar-refractivity contribution < 1.29 is 17.5 Å². The summed E-state index contributed by atoms with van der Waals surface area (Å²) in [7, 11) is 0. The van der Waals surface area contributed by atoms with Gasteiger partial charge < -0.3 is 4.55 Å². The highest BCUT2D eigenvalue weighted by atomic mass is 32.2. The van der Waals surface area contributed by atoms with E-state index in [0.29, 0.717) is 4.68 Å². The minimum absolute atomic E-state index is 0.0216. The van der Waals surface area contributed by atoms with E-state index in [2.05, 4.69) is 5.10 Å². The summed E-state index contributed by atoms with van der Waals surface area (Å²) in [5.74, 6) is 0. The average Bonchev–Trinajstić information content (AvgIpc) is 2.26. The highest BCUT2D eigenvalue weighted by molar-refractivity contribution is 7.79. The summed E-state index contributed by atoms with van der Waals surface area (Å²) >= 11 is -2.26. The molecule has 0 saturated carbocycles. The van der Waals surface area contributed by atoms with Crippen LogP contribution in [0.2, 0.25) is 0 Å². The van der Waals surface area contributed by atoms with Crippen molar-refractivity contribution in [1.82, 2.24) is 9.78 Å². The molecule has 0 aromatic carbocycles. The molecule has 0 aliphatic heterocycles. The summed E-state index contributed by atoms with van der Waals surface area (Å²) in [6.45, 7) is -0.0405. The van der Waals surface area contributed by atoms with Gasteiger partial charge in [0.25, 0.3) is 0 Å². The van der Waals surface area contributed by atoms with E-state index in [1.165, 1.54) is 13.8 Å². The van der Waals surface area contributed by atoms with Gasteiger partial charge in [0.1, 0.15) is 4.90 Å². The van der Waals surface area contributed by atoms with E-state index >= 15 is 0 Å². The molecule has 1 aromatic heterocycles. The Hall–Kier alpha value is -0.820.